The molecule has 0 saturated heterocycles. The molecule has 0 aromatic heterocycles. The Labute approximate surface area is 308 Å². The number of hydrogen-bond donors (Lipinski definition) is 1. The number of hydrogen-bond acceptors (Lipinski definition) is 9. The highest BCUT2D eigenvalue weighted by Crippen LogP contribution is 2.50. The molecule has 0 spiro atoms. The van der Waals surface area contributed by atoms with E-state index in [1.165, 1.54) is 34.2 Å². The second-order valence-electron chi connectivity index (χ2n) is 14.2. The van der Waals surface area contributed by atoms with Gasteiger partial charge in [-0.3, -0.25) is 0 Å². The van der Waals surface area contributed by atoms with Crippen molar-refractivity contribution in [3.63, 3.8) is 0 Å². The van der Waals surface area contributed by atoms with Gasteiger partial charge in [0.25, 0.3) is 0 Å². The summed E-state index contributed by atoms with van der Waals surface area (Å²) in [5, 5.41) is 0. The molecule has 0 amide bonds. The molecular formula is C43H51NO8. The van der Waals surface area contributed by atoms with Gasteiger partial charge in [-0.25, -0.2) is 4.79 Å². The van der Waals surface area contributed by atoms with Crippen LogP contribution in [0.25, 0.3) is 12.2 Å². The van der Waals surface area contributed by atoms with E-state index < -0.39 is 12.1 Å². The third-order valence-corrected chi connectivity index (χ3v) is 10.1. The average Bonchev–Trinajstić information content (AvgIpc) is 3.13. The standard InChI is InChI=1S/C43H51NO8/c1-10-18-50-35-20-28(15-14-27-19-29-23-32-34(12-11-17-43(32,4)5)51-40(29)39(22-27)48-8)21-36(30(35)16-13-26(2)3)52-41(42(45)49-9)31-24-37(46-6)38(47-7)25-33(31)44/h1,13-15,19-22,24-25,32,34,41H,11-12,16-18,23,44H2,2-9H3/b15-14+. The summed E-state index contributed by atoms with van der Waals surface area (Å²) in [6.07, 6.45) is 15.4. The van der Waals surface area contributed by atoms with Crippen LogP contribution in [0.4, 0.5) is 5.69 Å². The number of carbonyl (C=O) groups is 1. The number of carbonyl (C=O) groups excluding carboxylic acids is 1. The summed E-state index contributed by atoms with van der Waals surface area (Å²) in [7, 11) is 6.00. The highest BCUT2D eigenvalue weighted by molar-refractivity contribution is 5.81. The zero-order valence-corrected chi connectivity index (χ0v) is 31.6. The smallest absolute Gasteiger partial charge is 0.351 e. The first-order valence-corrected chi connectivity index (χ1v) is 17.6. The van der Waals surface area contributed by atoms with Crippen LogP contribution >= 0.6 is 0 Å². The molecule has 3 atom stereocenters. The van der Waals surface area contributed by atoms with E-state index in [0.29, 0.717) is 52.2 Å². The minimum atomic E-state index is -1.24. The maximum absolute atomic E-state index is 13.4. The van der Waals surface area contributed by atoms with Crippen molar-refractivity contribution in [3.8, 4) is 46.8 Å². The van der Waals surface area contributed by atoms with Gasteiger partial charge in [-0.05, 0) is 98.4 Å². The van der Waals surface area contributed by atoms with Crippen molar-refractivity contribution in [2.75, 3.05) is 40.8 Å². The van der Waals surface area contributed by atoms with Gasteiger partial charge in [0.05, 0.1) is 28.4 Å². The lowest BCUT2D eigenvalue weighted by Crippen LogP contribution is -2.45. The van der Waals surface area contributed by atoms with E-state index >= 15 is 0 Å². The Kier molecular flexibility index (Phi) is 12.0. The Balaban J connectivity index is 1.59. The molecule has 2 aliphatic rings. The number of ether oxygens (including phenoxy) is 7. The summed E-state index contributed by atoms with van der Waals surface area (Å²) >= 11 is 0. The van der Waals surface area contributed by atoms with Crippen molar-refractivity contribution in [3.05, 3.63) is 75.9 Å². The van der Waals surface area contributed by atoms with Gasteiger partial charge in [0.15, 0.2) is 23.0 Å². The molecule has 3 aromatic rings. The topological polar surface area (TPSA) is 108 Å². The summed E-state index contributed by atoms with van der Waals surface area (Å²) in [6, 6.07) is 11.2. The average molecular weight is 710 g/mol. The predicted molar refractivity (Wildman–Crippen MR) is 204 cm³/mol. The number of esters is 1. The fourth-order valence-electron chi connectivity index (χ4n) is 7.20. The van der Waals surface area contributed by atoms with Crippen molar-refractivity contribution in [2.45, 2.75) is 72.0 Å². The Morgan fingerprint density at radius 1 is 0.962 bits per heavy atom. The zero-order valence-electron chi connectivity index (χ0n) is 31.6. The van der Waals surface area contributed by atoms with Gasteiger partial charge in [-0.1, -0.05) is 43.6 Å². The second kappa shape index (κ2) is 16.4. The first-order valence-electron chi connectivity index (χ1n) is 17.6. The molecule has 2 N–H and O–H groups in total. The molecule has 3 aromatic carbocycles. The number of allylic oxidation sites excluding steroid dienone is 2. The van der Waals surface area contributed by atoms with Crippen LogP contribution < -0.4 is 34.2 Å². The van der Waals surface area contributed by atoms with E-state index in [-0.39, 0.29) is 23.8 Å². The maximum Gasteiger partial charge on any atom is 0.351 e. The summed E-state index contributed by atoms with van der Waals surface area (Å²) in [6.45, 7) is 8.76. The number of benzene rings is 3. The lowest BCUT2D eigenvalue weighted by Gasteiger charge is -2.47. The fourth-order valence-corrected chi connectivity index (χ4v) is 7.20. The van der Waals surface area contributed by atoms with Crippen LogP contribution in [0.15, 0.2) is 48.0 Å². The van der Waals surface area contributed by atoms with Crippen LogP contribution in [0.5, 0.6) is 34.5 Å². The van der Waals surface area contributed by atoms with E-state index in [4.69, 9.17) is 45.3 Å². The number of nitrogens with two attached hydrogens (primary N) is 1. The molecule has 9 heteroatoms. The van der Waals surface area contributed by atoms with Crippen LogP contribution in [0.3, 0.4) is 0 Å². The molecule has 0 bridgehead atoms. The summed E-state index contributed by atoms with van der Waals surface area (Å²) < 4.78 is 41.3. The molecule has 1 saturated carbocycles. The van der Waals surface area contributed by atoms with Crippen LogP contribution in [0, 0.1) is 23.7 Å². The van der Waals surface area contributed by atoms with Crippen molar-refractivity contribution < 1.29 is 38.0 Å². The lowest BCUT2D eigenvalue weighted by atomic mass is 9.64. The van der Waals surface area contributed by atoms with Gasteiger partial charge in [-0.15, -0.1) is 6.42 Å². The number of methoxy groups -OCH3 is 4. The Morgan fingerprint density at radius 3 is 2.27 bits per heavy atom. The van der Waals surface area contributed by atoms with Crippen molar-refractivity contribution in [2.24, 2.45) is 11.3 Å². The summed E-state index contributed by atoms with van der Waals surface area (Å²) in [5.41, 5.74) is 11.9. The minimum absolute atomic E-state index is 0.0397. The van der Waals surface area contributed by atoms with Crippen LogP contribution in [0.1, 0.15) is 80.9 Å². The summed E-state index contributed by atoms with van der Waals surface area (Å²) in [4.78, 5) is 13.4. The van der Waals surface area contributed by atoms with E-state index in [0.717, 1.165) is 40.9 Å². The second-order valence-corrected chi connectivity index (χ2v) is 14.2. The normalized spacial score (nSPS) is 17.8. The third-order valence-electron chi connectivity index (χ3n) is 10.1. The number of rotatable bonds is 13. The first kappa shape index (κ1) is 38.0. The molecular weight excluding hydrogens is 658 g/mol. The molecule has 1 heterocycles. The Morgan fingerprint density at radius 2 is 1.62 bits per heavy atom. The number of terminal acetylenes is 1. The highest BCUT2D eigenvalue weighted by Gasteiger charge is 2.43. The largest absolute Gasteiger partial charge is 0.493 e. The quantitative estimate of drug-likeness (QED) is 0.0616. The molecule has 52 heavy (non-hydrogen) atoms. The SMILES string of the molecule is C#CCOc1cc(/C=C/c2cc3c(c(OC)c2)OC2CCCC(C)(C)C2C3)cc(OC(C(=O)OC)c2cc(OC)c(OC)cc2N)c1CC=C(C)C. The van der Waals surface area contributed by atoms with Crippen molar-refractivity contribution in [1.29, 1.82) is 0 Å². The number of nitrogen functional groups attached to an aromatic ring is 1. The van der Waals surface area contributed by atoms with Gasteiger partial charge < -0.3 is 38.9 Å². The van der Waals surface area contributed by atoms with Gasteiger partial charge in [-0.2, -0.15) is 0 Å². The first-order chi connectivity index (χ1) is 24.9. The Bertz CT molecular complexity index is 1880. The fraction of sp³-hybridized carbons (Fsp3) is 0.419. The molecule has 5 rings (SSSR count). The van der Waals surface area contributed by atoms with Gasteiger partial charge in [0.2, 0.25) is 6.10 Å². The molecule has 9 nitrogen and oxygen atoms in total. The van der Waals surface area contributed by atoms with E-state index in [2.05, 4.69) is 31.9 Å². The molecule has 1 aliphatic carbocycles. The number of fused-ring (bicyclic) bond motifs is 2. The third kappa shape index (κ3) is 8.28. The van der Waals surface area contributed by atoms with Crippen molar-refractivity contribution >= 4 is 23.8 Å². The van der Waals surface area contributed by atoms with Gasteiger partial charge >= 0.3 is 5.97 Å². The van der Waals surface area contributed by atoms with E-state index in [1.54, 1.807) is 19.2 Å². The molecule has 3 unspecified atom stereocenters. The van der Waals surface area contributed by atoms with Crippen molar-refractivity contribution in [1.82, 2.24) is 0 Å². The van der Waals surface area contributed by atoms with Crippen LogP contribution in [0.2, 0.25) is 0 Å². The van der Waals surface area contributed by atoms with Crippen LogP contribution in [-0.4, -0.2) is 47.1 Å². The monoisotopic (exact) mass is 709 g/mol. The van der Waals surface area contributed by atoms with Crippen LogP contribution in [-0.2, 0) is 22.4 Å². The zero-order chi connectivity index (χ0) is 37.6. The molecule has 276 valence electrons. The van der Waals surface area contributed by atoms with E-state index in [9.17, 15) is 4.79 Å². The highest BCUT2D eigenvalue weighted by atomic mass is 16.6. The maximum atomic E-state index is 13.4. The lowest BCUT2D eigenvalue weighted by molar-refractivity contribution is -0.149. The van der Waals surface area contributed by atoms with Gasteiger partial charge in [0.1, 0.15) is 24.2 Å². The minimum Gasteiger partial charge on any atom is -0.493 e. The van der Waals surface area contributed by atoms with E-state index in [1.807, 2.05) is 44.2 Å². The molecule has 0 radical (unpaired) electrons. The predicted octanol–water partition coefficient (Wildman–Crippen LogP) is 8.41. The number of anilines is 1. The van der Waals surface area contributed by atoms with Gasteiger partial charge in [0, 0.05) is 28.8 Å². The summed E-state index contributed by atoms with van der Waals surface area (Å²) in [5.74, 6) is 5.63. The molecule has 1 aliphatic heterocycles. The molecule has 1 fully saturated rings. The Hall–Kier alpha value is -5.23.